The second-order valence-electron chi connectivity index (χ2n) is 6.70. The molecule has 13 heteroatoms. The molecule has 0 atom stereocenters. The van der Waals surface area contributed by atoms with E-state index >= 15 is 0 Å². The van der Waals surface area contributed by atoms with E-state index in [9.17, 15) is 40.6 Å². The van der Waals surface area contributed by atoms with Crippen LogP contribution in [0.4, 0.5) is 30.7 Å². The smallest absolute Gasteiger partial charge is 0.416 e. The minimum atomic E-state index is -4.79. The van der Waals surface area contributed by atoms with E-state index in [4.69, 9.17) is 5.26 Å². The van der Waals surface area contributed by atoms with E-state index in [0.29, 0.717) is 6.07 Å². The number of benzene rings is 2. The number of aryl methyl sites for hydroxylation is 2. The number of nitrogens with zero attached hydrogens (tertiary/aromatic N) is 3. The first-order chi connectivity index (χ1) is 14.8. The zero-order chi connectivity index (χ0) is 24.1. The Balaban J connectivity index is 0.00000385. The van der Waals surface area contributed by atoms with Crippen molar-refractivity contribution in [1.82, 2.24) is 9.78 Å². The Kier molecular flexibility index (Phi) is 6.97. The fraction of sp³-hybridized carbons (Fsp3) is 0.150. The Morgan fingerprint density at radius 1 is 1.03 bits per heavy atom. The molecule has 1 radical (unpaired) electrons. The predicted molar refractivity (Wildman–Crippen MR) is 94.1 cm³/mol. The molecule has 0 aliphatic heterocycles. The van der Waals surface area contributed by atoms with Gasteiger partial charge in [0.2, 0.25) is 5.88 Å². The number of rotatable bonds is 3. The van der Waals surface area contributed by atoms with Gasteiger partial charge in [-0.25, -0.2) is 17.6 Å². The number of carbonyl (C=O) groups excluding carboxylic acids is 1. The molecule has 3 aromatic rings. The van der Waals surface area contributed by atoms with Gasteiger partial charge in [0, 0.05) is 22.6 Å². The SMILES string of the molecule is Cc1cc(C(=O)c2c(C)nn(-c3c(F)c(F)c(C#N)c(F)c3F)c2O)cc(C(F)(F)F)c1.[Mn]. The Hall–Kier alpha value is -3.36. The normalized spacial score (nSPS) is 11.2. The van der Waals surface area contributed by atoms with Gasteiger partial charge in [-0.2, -0.15) is 28.2 Å². The van der Waals surface area contributed by atoms with Gasteiger partial charge < -0.3 is 5.11 Å². The maximum absolute atomic E-state index is 14.3. The Morgan fingerprint density at radius 3 is 2.06 bits per heavy atom. The molecule has 0 fully saturated rings. The zero-order valence-corrected chi connectivity index (χ0v) is 17.6. The first-order valence-electron chi connectivity index (χ1n) is 8.58. The van der Waals surface area contributed by atoms with Crippen molar-refractivity contribution in [3.63, 3.8) is 0 Å². The number of aromatic nitrogens is 2. The standard InChI is InChI=1S/C20H10F7N3O2.Mn/c1-7-3-9(5-10(4-7)20(25,26)27)18(31)12-8(2)29-30(19(12)32)17-15(23)13(21)11(6-28)14(22)16(17)24;/h3-5,32H,1-2H3;. The van der Waals surface area contributed by atoms with E-state index in [1.165, 1.54) is 6.92 Å². The number of hydrogen-bond acceptors (Lipinski definition) is 4. The summed E-state index contributed by atoms with van der Waals surface area (Å²) in [7, 11) is 0. The van der Waals surface area contributed by atoms with Crippen molar-refractivity contribution in [1.29, 1.82) is 5.26 Å². The van der Waals surface area contributed by atoms with Crippen molar-refractivity contribution in [3.05, 3.63) is 75.0 Å². The number of aromatic hydroxyl groups is 1. The molecule has 0 aliphatic carbocycles. The minimum Gasteiger partial charge on any atom is -0.493 e. The summed E-state index contributed by atoms with van der Waals surface area (Å²) in [4.78, 5) is 12.8. The molecule has 0 saturated heterocycles. The maximum Gasteiger partial charge on any atom is 0.416 e. The largest absolute Gasteiger partial charge is 0.493 e. The minimum absolute atomic E-state index is 0. The van der Waals surface area contributed by atoms with Crippen LogP contribution in [0.2, 0.25) is 0 Å². The first-order valence-corrected chi connectivity index (χ1v) is 8.58. The van der Waals surface area contributed by atoms with Crippen LogP contribution in [0.1, 0.15) is 38.3 Å². The van der Waals surface area contributed by atoms with E-state index in [2.05, 4.69) is 5.10 Å². The van der Waals surface area contributed by atoms with Gasteiger partial charge in [0.1, 0.15) is 22.9 Å². The molecule has 1 aromatic heterocycles. The summed E-state index contributed by atoms with van der Waals surface area (Å²) in [6.07, 6.45) is -4.79. The Labute approximate surface area is 191 Å². The number of nitriles is 1. The quantitative estimate of drug-likeness (QED) is 0.235. The van der Waals surface area contributed by atoms with Crippen LogP contribution in [0.25, 0.3) is 5.69 Å². The van der Waals surface area contributed by atoms with E-state index in [-0.39, 0.29) is 27.3 Å². The summed E-state index contributed by atoms with van der Waals surface area (Å²) in [6, 6.07) is 3.31. The molecule has 0 bridgehead atoms. The number of hydrogen-bond donors (Lipinski definition) is 1. The molecule has 0 saturated carbocycles. The molecular weight excluding hydrogens is 502 g/mol. The van der Waals surface area contributed by atoms with Crippen LogP contribution in [0.3, 0.4) is 0 Å². The number of ketones is 1. The van der Waals surface area contributed by atoms with Crippen LogP contribution in [-0.2, 0) is 23.2 Å². The average Bonchev–Trinajstić information content (AvgIpc) is 2.99. The van der Waals surface area contributed by atoms with E-state index in [0.717, 1.165) is 25.1 Å². The van der Waals surface area contributed by atoms with Crippen LogP contribution in [0.15, 0.2) is 18.2 Å². The van der Waals surface area contributed by atoms with Crippen molar-refractivity contribution >= 4 is 5.78 Å². The topological polar surface area (TPSA) is 78.9 Å². The summed E-state index contributed by atoms with van der Waals surface area (Å²) in [6.45, 7) is 2.37. The summed E-state index contributed by atoms with van der Waals surface area (Å²) < 4.78 is 95.8. The molecule has 1 heterocycles. The van der Waals surface area contributed by atoms with Gasteiger partial charge in [-0.05, 0) is 37.6 Å². The number of halogens is 7. The summed E-state index contributed by atoms with van der Waals surface area (Å²) in [5.41, 5.74) is -5.87. The Morgan fingerprint density at radius 2 is 1.58 bits per heavy atom. The van der Waals surface area contributed by atoms with E-state index < -0.39 is 74.7 Å². The van der Waals surface area contributed by atoms with Gasteiger partial charge in [-0.15, -0.1) is 0 Å². The van der Waals surface area contributed by atoms with Crippen molar-refractivity contribution in [3.8, 4) is 17.6 Å². The molecule has 0 aliphatic rings. The van der Waals surface area contributed by atoms with Crippen molar-refractivity contribution < 1.29 is 57.7 Å². The van der Waals surface area contributed by atoms with Crippen molar-refractivity contribution in [2.24, 2.45) is 0 Å². The fourth-order valence-electron chi connectivity index (χ4n) is 3.06. The molecule has 3 rings (SSSR count). The zero-order valence-electron chi connectivity index (χ0n) is 16.5. The van der Waals surface area contributed by atoms with Crippen molar-refractivity contribution in [2.45, 2.75) is 20.0 Å². The van der Waals surface area contributed by atoms with Crippen LogP contribution >= 0.6 is 0 Å². The third kappa shape index (κ3) is 4.31. The second kappa shape index (κ2) is 8.88. The van der Waals surface area contributed by atoms with Crippen LogP contribution in [0.5, 0.6) is 5.88 Å². The van der Waals surface area contributed by atoms with Crippen LogP contribution < -0.4 is 0 Å². The predicted octanol–water partition coefficient (Wildman–Crippen LogP) is 4.87. The molecule has 0 unspecified atom stereocenters. The van der Waals surface area contributed by atoms with Gasteiger partial charge in [0.25, 0.3) is 0 Å². The number of carbonyl (C=O) groups is 1. The molecule has 0 amide bonds. The van der Waals surface area contributed by atoms with Crippen LogP contribution in [0, 0.1) is 48.4 Å². The Bertz CT molecular complexity index is 1300. The average molecular weight is 512 g/mol. The molecule has 0 spiro atoms. The monoisotopic (exact) mass is 512 g/mol. The van der Waals surface area contributed by atoms with Gasteiger partial charge in [0.05, 0.1) is 11.3 Å². The van der Waals surface area contributed by atoms with Crippen LogP contribution in [-0.4, -0.2) is 20.7 Å². The van der Waals surface area contributed by atoms with Gasteiger partial charge >= 0.3 is 6.18 Å². The van der Waals surface area contributed by atoms with E-state index in [1.54, 1.807) is 0 Å². The third-order valence-electron chi connectivity index (χ3n) is 4.49. The summed E-state index contributed by atoms with van der Waals surface area (Å²) in [5.74, 6) is -10.7. The van der Waals surface area contributed by atoms with Gasteiger partial charge in [0.15, 0.2) is 29.1 Å². The maximum atomic E-state index is 14.3. The second-order valence-corrected chi connectivity index (χ2v) is 6.70. The molecule has 2 aromatic carbocycles. The summed E-state index contributed by atoms with van der Waals surface area (Å²) in [5, 5.41) is 22.5. The first kappa shape index (κ1) is 25.9. The molecular formula is C20H10F7MnN3O2. The summed E-state index contributed by atoms with van der Waals surface area (Å²) >= 11 is 0. The molecule has 5 nitrogen and oxygen atoms in total. The van der Waals surface area contributed by atoms with Crippen molar-refractivity contribution in [2.75, 3.05) is 0 Å². The third-order valence-corrected chi connectivity index (χ3v) is 4.49. The fourth-order valence-corrected chi connectivity index (χ4v) is 3.06. The van der Waals surface area contributed by atoms with E-state index in [1.807, 2.05) is 0 Å². The van der Waals surface area contributed by atoms with Gasteiger partial charge in [-0.3, -0.25) is 4.79 Å². The molecule has 33 heavy (non-hydrogen) atoms. The molecule has 173 valence electrons. The number of alkyl halides is 3. The molecule has 1 N–H and O–H groups in total. The van der Waals surface area contributed by atoms with Gasteiger partial charge in [-0.1, -0.05) is 0 Å².